The van der Waals surface area contributed by atoms with E-state index < -0.39 is 0 Å². The molecule has 3 nitrogen and oxygen atoms in total. The van der Waals surface area contributed by atoms with Gasteiger partial charge in [0.25, 0.3) is 0 Å². The van der Waals surface area contributed by atoms with Gasteiger partial charge < -0.3 is 33.4 Å². The fourth-order valence-corrected chi connectivity index (χ4v) is 1.68. The van der Waals surface area contributed by atoms with Crippen LogP contribution < -0.4 is 24.0 Å². The zero-order valence-corrected chi connectivity index (χ0v) is 11.6. The van der Waals surface area contributed by atoms with Gasteiger partial charge in [0.05, 0.1) is 27.7 Å². The number of carbonyl (C=O) groups is 1. The lowest BCUT2D eigenvalue weighted by Gasteiger charge is -2.25. The van der Waals surface area contributed by atoms with Crippen LogP contribution in [0.3, 0.4) is 0 Å². The van der Waals surface area contributed by atoms with Crippen LogP contribution >= 0.6 is 0 Å². The monoisotopic (exact) mass is 312 g/mol. The lowest BCUT2D eigenvalue weighted by molar-refractivity contribution is -0.870. The predicted octanol–water partition coefficient (Wildman–Crippen LogP) is -2.29. The van der Waals surface area contributed by atoms with Gasteiger partial charge in [-0.05, 0) is 6.42 Å². The molecule has 1 fully saturated rings. The third kappa shape index (κ3) is 5.14. The quantitative estimate of drug-likeness (QED) is 0.423. The van der Waals surface area contributed by atoms with E-state index in [1.54, 1.807) is 0 Å². The van der Waals surface area contributed by atoms with E-state index in [2.05, 4.69) is 21.1 Å². The second-order valence-corrected chi connectivity index (χ2v) is 4.85. The minimum absolute atomic E-state index is 0. The molecule has 1 aliphatic rings. The first-order valence-corrected chi connectivity index (χ1v) is 5.07. The topological polar surface area (TPSA) is 20.3 Å². The van der Waals surface area contributed by atoms with Crippen molar-refractivity contribution in [2.24, 2.45) is 0 Å². The average molecular weight is 312 g/mol. The van der Waals surface area contributed by atoms with Gasteiger partial charge in [-0.1, -0.05) is 0 Å². The van der Waals surface area contributed by atoms with Crippen molar-refractivity contribution in [3.63, 3.8) is 0 Å². The smallest absolute Gasteiger partial charge is 0.222 e. The van der Waals surface area contributed by atoms with Crippen molar-refractivity contribution in [3.8, 4) is 0 Å². The molecule has 0 saturated carbocycles. The number of nitrogens with zero attached hydrogens (tertiary/aromatic N) is 2. The highest BCUT2D eigenvalue weighted by Crippen LogP contribution is 2.10. The minimum atomic E-state index is 0. The molecule has 0 aromatic heterocycles. The summed E-state index contributed by atoms with van der Waals surface area (Å²) in [5, 5.41) is 0. The lowest BCUT2D eigenvalue weighted by atomic mass is 10.3. The van der Waals surface area contributed by atoms with E-state index in [-0.39, 0.29) is 24.0 Å². The van der Waals surface area contributed by atoms with Crippen LogP contribution in [0.2, 0.25) is 0 Å². The van der Waals surface area contributed by atoms with Gasteiger partial charge in [-0.2, -0.15) is 0 Å². The number of carbonyl (C=O) groups excluding carboxylic acids is 1. The minimum Gasteiger partial charge on any atom is -1.00 e. The lowest BCUT2D eigenvalue weighted by Crippen LogP contribution is -3.00. The maximum Gasteiger partial charge on any atom is 0.222 e. The molecule has 1 saturated heterocycles. The van der Waals surface area contributed by atoms with Crippen molar-refractivity contribution in [1.29, 1.82) is 0 Å². The first-order chi connectivity index (χ1) is 5.99. The molecule has 0 spiro atoms. The van der Waals surface area contributed by atoms with Gasteiger partial charge in [0, 0.05) is 25.9 Å². The molecule has 0 atom stereocenters. The molecule has 0 radical (unpaired) electrons. The molecule has 84 valence electrons. The van der Waals surface area contributed by atoms with E-state index >= 15 is 0 Å². The molecule has 1 amide bonds. The van der Waals surface area contributed by atoms with Crippen molar-refractivity contribution in [2.75, 3.05) is 40.8 Å². The van der Waals surface area contributed by atoms with Gasteiger partial charge in [-0.15, -0.1) is 0 Å². The van der Waals surface area contributed by atoms with Crippen molar-refractivity contribution < 1.29 is 33.3 Å². The van der Waals surface area contributed by atoms with Gasteiger partial charge in [0.15, 0.2) is 0 Å². The third-order valence-electron chi connectivity index (χ3n) is 2.43. The molecular formula is C10H21IN2O. The van der Waals surface area contributed by atoms with Crippen molar-refractivity contribution >= 4 is 5.91 Å². The van der Waals surface area contributed by atoms with Crippen LogP contribution in [0.5, 0.6) is 0 Å². The highest BCUT2D eigenvalue weighted by Gasteiger charge is 2.20. The second-order valence-electron chi connectivity index (χ2n) is 4.85. The summed E-state index contributed by atoms with van der Waals surface area (Å²) in [7, 11) is 6.56. The Labute approximate surface area is 104 Å². The van der Waals surface area contributed by atoms with Crippen LogP contribution in [0.25, 0.3) is 0 Å². The van der Waals surface area contributed by atoms with E-state index in [0.29, 0.717) is 5.91 Å². The Morgan fingerprint density at radius 3 is 2.43 bits per heavy atom. The summed E-state index contributed by atoms with van der Waals surface area (Å²) in [6, 6.07) is 0. The van der Waals surface area contributed by atoms with Gasteiger partial charge in [0.2, 0.25) is 5.91 Å². The average Bonchev–Trinajstić information content (AvgIpc) is 2.34. The summed E-state index contributed by atoms with van der Waals surface area (Å²) in [6.45, 7) is 3.08. The van der Waals surface area contributed by atoms with Crippen molar-refractivity contribution in [3.05, 3.63) is 0 Å². The molecule has 0 aromatic carbocycles. The highest BCUT2D eigenvalue weighted by atomic mass is 127. The molecule has 0 unspecified atom stereocenters. The molecule has 0 aliphatic carbocycles. The van der Waals surface area contributed by atoms with Crippen LogP contribution in [-0.4, -0.2) is 56.1 Å². The third-order valence-corrected chi connectivity index (χ3v) is 2.43. The molecule has 1 aliphatic heterocycles. The van der Waals surface area contributed by atoms with E-state index in [9.17, 15) is 4.79 Å². The van der Waals surface area contributed by atoms with E-state index in [4.69, 9.17) is 0 Å². The zero-order valence-electron chi connectivity index (χ0n) is 9.42. The van der Waals surface area contributed by atoms with Crippen molar-refractivity contribution in [2.45, 2.75) is 19.3 Å². The number of likely N-dealkylation sites (tertiary alicyclic amines) is 1. The highest BCUT2D eigenvalue weighted by molar-refractivity contribution is 5.77. The summed E-state index contributed by atoms with van der Waals surface area (Å²) in [6.07, 6.45) is 2.95. The van der Waals surface area contributed by atoms with Gasteiger partial charge in [-0.3, -0.25) is 4.79 Å². The van der Waals surface area contributed by atoms with Crippen LogP contribution in [0.4, 0.5) is 0 Å². The first-order valence-electron chi connectivity index (χ1n) is 5.07. The number of hydrogen-bond acceptors (Lipinski definition) is 1. The molecule has 0 aromatic rings. The Morgan fingerprint density at radius 1 is 1.36 bits per heavy atom. The fraction of sp³-hybridized carbons (Fsp3) is 0.900. The first kappa shape index (κ1) is 14.2. The van der Waals surface area contributed by atoms with E-state index in [1.165, 1.54) is 0 Å². The molecular weight excluding hydrogens is 291 g/mol. The number of halogens is 1. The Balaban J connectivity index is 0.00000169. The number of amides is 1. The Morgan fingerprint density at radius 2 is 2.00 bits per heavy atom. The van der Waals surface area contributed by atoms with Crippen LogP contribution in [0, 0.1) is 0 Å². The Kier molecular flexibility index (Phi) is 5.97. The molecule has 0 bridgehead atoms. The fourth-order valence-electron chi connectivity index (χ4n) is 1.68. The standard InChI is InChI=1S/C10H21N2O.HI/c1-12(2,3)9-5-8-11-7-4-6-10(11)13;/h4-9H2,1-3H3;1H/q+1;/p-1. The van der Waals surface area contributed by atoms with Crippen LogP contribution in [0.15, 0.2) is 0 Å². The zero-order chi connectivity index (χ0) is 9.90. The predicted molar refractivity (Wildman–Crippen MR) is 53.3 cm³/mol. The SMILES string of the molecule is C[N+](C)(C)CCCN1CCCC1=O.[I-]. The Bertz CT molecular complexity index is 189. The Hall–Kier alpha value is 0.160. The molecule has 1 rings (SSSR count). The normalized spacial score (nSPS) is 17.1. The van der Waals surface area contributed by atoms with Gasteiger partial charge in [0.1, 0.15) is 0 Å². The van der Waals surface area contributed by atoms with Gasteiger partial charge >= 0.3 is 0 Å². The van der Waals surface area contributed by atoms with E-state index in [0.717, 1.165) is 43.4 Å². The van der Waals surface area contributed by atoms with Gasteiger partial charge in [-0.25, -0.2) is 0 Å². The maximum absolute atomic E-state index is 11.3. The van der Waals surface area contributed by atoms with Crippen LogP contribution in [0.1, 0.15) is 19.3 Å². The largest absolute Gasteiger partial charge is 1.00 e. The number of quaternary nitrogens is 1. The summed E-state index contributed by atoms with van der Waals surface area (Å²) in [5.41, 5.74) is 0. The molecule has 4 heteroatoms. The molecule has 1 heterocycles. The van der Waals surface area contributed by atoms with Crippen LogP contribution in [-0.2, 0) is 4.79 Å². The number of rotatable bonds is 4. The van der Waals surface area contributed by atoms with E-state index in [1.807, 2.05) is 4.90 Å². The summed E-state index contributed by atoms with van der Waals surface area (Å²) in [4.78, 5) is 13.2. The summed E-state index contributed by atoms with van der Waals surface area (Å²) in [5.74, 6) is 0.349. The van der Waals surface area contributed by atoms with Crippen molar-refractivity contribution in [1.82, 2.24) is 4.90 Å². The maximum atomic E-state index is 11.3. The number of hydrogen-bond donors (Lipinski definition) is 0. The molecule has 0 N–H and O–H groups in total. The summed E-state index contributed by atoms with van der Waals surface area (Å²) < 4.78 is 0.988. The second kappa shape index (κ2) is 5.90. The molecule has 14 heavy (non-hydrogen) atoms. The summed E-state index contributed by atoms with van der Waals surface area (Å²) >= 11 is 0.